The maximum atomic E-state index is 12.2. The summed E-state index contributed by atoms with van der Waals surface area (Å²) in [5.41, 5.74) is -0.138. The molecule has 0 bridgehead atoms. The highest BCUT2D eigenvalue weighted by Crippen LogP contribution is 2.35. The van der Waals surface area contributed by atoms with Crippen molar-refractivity contribution < 1.29 is 24.3 Å². The summed E-state index contributed by atoms with van der Waals surface area (Å²) in [6.07, 6.45) is 1.54. The molecule has 2 N–H and O–H groups in total. The molecule has 3 heterocycles. The van der Waals surface area contributed by atoms with Gasteiger partial charge in [0.15, 0.2) is 11.5 Å². The Kier molecular flexibility index (Phi) is 4.56. The van der Waals surface area contributed by atoms with Crippen molar-refractivity contribution in [1.82, 2.24) is 20.0 Å². The number of nitrogens with zero attached hydrogens (tertiary/aromatic N) is 4. The summed E-state index contributed by atoms with van der Waals surface area (Å²) >= 11 is 5.71. The van der Waals surface area contributed by atoms with Gasteiger partial charge >= 0.3 is 5.97 Å². The van der Waals surface area contributed by atoms with Crippen LogP contribution in [0, 0.1) is 0 Å². The molecule has 2 aromatic heterocycles. The van der Waals surface area contributed by atoms with Crippen LogP contribution in [0.5, 0.6) is 0 Å². The zero-order valence-corrected chi connectivity index (χ0v) is 15.9. The molecule has 0 radical (unpaired) electrons. The molecule has 9 nitrogen and oxygen atoms in total. The normalized spacial score (nSPS) is 19.0. The molecule has 3 aromatic rings. The fourth-order valence-electron chi connectivity index (χ4n) is 3.27. The molecule has 1 aliphatic heterocycles. The van der Waals surface area contributed by atoms with E-state index < -0.39 is 17.5 Å². The van der Waals surface area contributed by atoms with E-state index in [9.17, 15) is 19.8 Å². The first-order chi connectivity index (χ1) is 13.8. The highest BCUT2D eigenvalue weighted by atomic mass is 35.5. The quantitative estimate of drug-likeness (QED) is 0.621. The lowest BCUT2D eigenvalue weighted by Gasteiger charge is -2.16. The smallest absolute Gasteiger partial charge is 0.355 e. The molecule has 0 aliphatic carbocycles. The number of carbonyl (C=O) groups is 2. The second-order valence-corrected chi connectivity index (χ2v) is 7.04. The summed E-state index contributed by atoms with van der Waals surface area (Å²) in [4.78, 5) is 32.8. The number of aromatic carboxylic acids is 1. The molecule has 29 heavy (non-hydrogen) atoms. The van der Waals surface area contributed by atoms with Crippen LogP contribution in [0.4, 0.5) is 0 Å². The molecule has 10 heteroatoms. The summed E-state index contributed by atoms with van der Waals surface area (Å²) in [5, 5.41) is 23.9. The number of aliphatic hydroxyl groups is 1. The Bertz CT molecular complexity index is 1130. The fourth-order valence-corrected chi connectivity index (χ4v) is 3.40. The van der Waals surface area contributed by atoms with Crippen LogP contribution >= 0.6 is 11.6 Å². The lowest BCUT2D eigenvalue weighted by atomic mass is 9.97. The summed E-state index contributed by atoms with van der Waals surface area (Å²) in [6.45, 7) is 0.412. The molecule has 1 aliphatic rings. The highest BCUT2D eigenvalue weighted by molar-refractivity contribution is 6.28. The first-order valence-corrected chi connectivity index (χ1v) is 8.99. The van der Waals surface area contributed by atoms with Gasteiger partial charge in [-0.2, -0.15) is 0 Å². The SMILES string of the molecule is CN1CC[C@@](O)(c2cc(-c3cccc(-c4cnc(Cl)nc4C(=O)O)c3)no2)C1=O. The molecule has 148 valence electrons. The molecule has 0 unspecified atom stereocenters. The van der Waals surface area contributed by atoms with Crippen LogP contribution in [0.3, 0.4) is 0 Å². The maximum absolute atomic E-state index is 12.2. The molecule has 4 rings (SSSR count). The van der Waals surface area contributed by atoms with Crippen molar-refractivity contribution in [2.24, 2.45) is 0 Å². The number of benzene rings is 1. The fraction of sp³-hybridized carbons (Fsp3) is 0.211. The van der Waals surface area contributed by atoms with Gasteiger partial charge in [0.05, 0.1) is 0 Å². The number of aromatic nitrogens is 3. The van der Waals surface area contributed by atoms with Crippen molar-refractivity contribution in [1.29, 1.82) is 0 Å². The van der Waals surface area contributed by atoms with Crippen molar-refractivity contribution in [3.05, 3.63) is 53.3 Å². The number of carboxylic acid groups (broad SMARTS) is 1. The number of rotatable bonds is 4. The lowest BCUT2D eigenvalue weighted by molar-refractivity contribution is -0.144. The van der Waals surface area contributed by atoms with Gasteiger partial charge in [-0.1, -0.05) is 23.4 Å². The van der Waals surface area contributed by atoms with E-state index in [0.717, 1.165) is 0 Å². The van der Waals surface area contributed by atoms with Crippen molar-refractivity contribution >= 4 is 23.5 Å². The van der Waals surface area contributed by atoms with Crippen molar-refractivity contribution in [2.45, 2.75) is 12.0 Å². The molecule has 1 fully saturated rings. The van der Waals surface area contributed by atoms with Crippen LogP contribution in [-0.2, 0) is 10.4 Å². The minimum Gasteiger partial charge on any atom is -0.476 e. The molecular formula is C19H15ClN4O5. The van der Waals surface area contributed by atoms with Crippen LogP contribution < -0.4 is 0 Å². The average Bonchev–Trinajstić information content (AvgIpc) is 3.30. The maximum Gasteiger partial charge on any atom is 0.355 e. The van der Waals surface area contributed by atoms with E-state index in [2.05, 4.69) is 15.1 Å². The van der Waals surface area contributed by atoms with E-state index in [1.165, 1.54) is 17.2 Å². The molecule has 1 saturated heterocycles. The first kappa shape index (κ1) is 19.0. The molecule has 1 atom stereocenters. The Morgan fingerprint density at radius 1 is 1.31 bits per heavy atom. The zero-order valence-electron chi connectivity index (χ0n) is 15.2. The number of hydrogen-bond acceptors (Lipinski definition) is 7. The van der Waals surface area contributed by atoms with Gasteiger partial charge < -0.3 is 19.6 Å². The number of likely N-dealkylation sites (N-methyl/N-ethyl adjacent to an activating group) is 1. The van der Waals surface area contributed by atoms with Gasteiger partial charge in [0.25, 0.3) is 5.91 Å². The Labute approximate surface area is 169 Å². The van der Waals surface area contributed by atoms with Gasteiger partial charge in [0, 0.05) is 43.4 Å². The van der Waals surface area contributed by atoms with Gasteiger partial charge in [0.1, 0.15) is 5.69 Å². The number of likely N-dealkylation sites (tertiary alicyclic amines) is 1. The van der Waals surface area contributed by atoms with E-state index in [1.54, 1.807) is 31.3 Å². The van der Waals surface area contributed by atoms with E-state index in [1.807, 2.05) is 0 Å². The molecule has 1 amide bonds. The van der Waals surface area contributed by atoms with Crippen LogP contribution in [0.15, 0.2) is 41.1 Å². The minimum absolute atomic E-state index is 0.0632. The van der Waals surface area contributed by atoms with Gasteiger partial charge in [-0.15, -0.1) is 0 Å². The summed E-state index contributed by atoms with van der Waals surface area (Å²) < 4.78 is 5.26. The number of hydrogen-bond donors (Lipinski definition) is 2. The average molecular weight is 415 g/mol. The highest BCUT2D eigenvalue weighted by Gasteiger charge is 2.48. The third kappa shape index (κ3) is 3.24. The van der Waals surface area contributed by atoms with E-state index in [4.69, 9.17) is 16.1 Å². The van der Waals surface area contributed by atoms with Gasteiger partial charge in [-0.3, -0.25) is 4.79 Å². The van der Waals surface area contributed by atoms with Crippen molar-refractivity contribution in [3.8, 4) is 22.4 Å². The second-order valence-electron chi connectivity index (χ2n) is 6.70. The van der Waals surface area contributed by atoms with E-state index in [-0.39, 0.29) is 23.2 Å². The lowest BCUT2D eigenvalue weighted by Crippen LogP contribution is -2.35. The molecule has 0 spiro atoms. The van der Waals surface area contributed by atoms with Gasteiger partial charge in [0.2, 0.25) is 10.9 Å². The summed E-state index contributed by atoms with van der Waals surface area (Å²) in [5.74, 6) is -1.61. The Hall–Kier alpha value is -3.30. The topological polar surface area (TPSA) is 130 Å². The van der Waals surface area contributed by atoms with Gasteiger partial charge in [-0.05, 0) is 23.2 Å². The predicted octanol–water partition coefficient (Wildman–Crippen LogP) is 2.20. The monoisotopic (exact) mass is 414 g/mol. The number of carboxylic acids is 1. The second kappa shape index (κ2) is 6.94. The standard InChI is InChI=1S/C19H15ClN4O5/c1-24-6-5-19(28,17(24)27)14-8-13(23-29-14)11-4-2-3-10(7-11)12-9-21-18(20)22-15(12)16(25)26/h2-4,7-9,28H,5-6H2,1H3,(H,25,26)/t19-/m1/s1. The Morgan fingerprint density at radius 3 is 2.76 bits per heavy atom. The zero-order chi connectivity index (χ0) is 20.8. The van der Waals surface area contributed by atoms with Crippen LogP contribution in [0.25, 0.3) is 22.4 Å². The predicted molar refractivity (Wildman–Crippen MR) is 101 cm³/mol. The minimum atomic E-state index is -1.74. The van der Waals surface area contributed by atoms with E-state index in [0.29, 0.717) is 28.9 Å². The van der Waals surface area contributed by atoms with Crippen LogP contribution in [0.1, 0.15) is 22.7 Å². The third-order valence-corrected chi connectivity index (χ3v) is 5.04. The molecule has 1 aromatic carbocycles. The number of amides is 1. The van der Waals surface area contributed by atoms with E-state index >= 15 is 0 Å². The first-order valence-electron chi connectivity index (χ1n) is 8.61. The summed E-state index contributed by atoms with van der Waals surface area (Å²) in [6, 6.07) is 8.35. The molecular weight excluding hydrogens is 400 g/mol. The summed E-state index contributed by atoms with van der Waals surface area (Å²) in [7, 11) is 1.61. The molecule has 0 saturated carbocycles. The third-order valence-electron chi connectivity index (χ3n) is 4.86. The number of carbonyl (C=O) groups excluding carboxylic acids is 1. The van der Waals surface area contributed by atoms with Crippen molar-refractivity contribution in [3.63, 3.8) is 0 Å². The Morgan fingerprint density at radius 2 is 2.07 bits per heavy atom. The van der Waals surface area contributed by atoms with Crippen LogP contribution in [0.2, 0.25) is 5.28 Å². The van der Waals surface area contributed by atoms with Crippen molar-refractivity contribution in [2.75, 3.05) is 13.6 Å². The van der Waals surface area contributed by atoms with Gasteiger partial charge in [-0.25, -0.2) is 14.8 Å². The Balaban J connectivity index is 1.72. The number of halogens is 1. The largest absolute Gasteiger partial charge is 0.476 e. The van der Waals surface area contributed by atoms with Crippen LogP contribution in [-0.4, -0.2) is 55.7 Å².